The third-order valence-electron chi connectivity index (χ3n) is 4.13. The molecule has 3 nitrogen and oxygen atoms in total. The third-order valence-corrected chi connectivity index (χ3v) is 4.73. The Morgan fingerprint density at radius 1 is 1.05 bits per heavy atom. The van der Waals surface area contributed by atoms with E-state index in [-0.39, 0.29) is 23.7 Å². The molecule has 20 heavy (non-hydrogen) atoms. The lowest BCUT2D eigenvalue weighted by molar-refractivity contribution is -0.122. The van der Waals surface area contributed by atoms with E-state index in [0.717, 1.165) is 15.6 Å². The van der Waals surface area contributed by atoms with Crippen molar-refractivity contribution in [3.63, 3.8) is 0 Å². The minimum atomic E-state index is -0.180. The number of benzene rings is 1. The number of allylic oxidation sites excluding steroid dienone is 2. The number of imide groups is 1. The van der Waals surface area contributed by atoms with Gasteiger partial charge in [-0.05, 0) is 59.8 Å². The third kappa shape index (κ3) is 1.94. The Morgan fingerprint density at radius 3 is 2.10 bits per heavy atom. The van der Waals surface area contributed by atoms with Crippen LogP contribution in [0.1, 0.15) is 24.0 Å². The number of aryl methyl sites for hydroxylation is 2. The highest BCUT2D eigenvalue weighted by Crippen LogP contribution is 2.41. The van der Waals surface area contributed by atoms with E-state index in [0.29, 0.717) is 18.5 Å². The largest absolute Gasteiger partial charge is 0.274 e. The summed E-state index contributed by atoms with van der Waals surface area (Å²) in [4.78, 5) is 26.6. The van der Waals surface area contributed by atoms with Crippen LogP contribution in [0.4, 0.5) is 5.69 Å². The fraction of sp³-hybridized carbons (Fsp3) is 0.375. The standard InChI is InChI=1S/C16H16BrNO2/c1-9-7-10(2)14(13(17)8-9)18-15(19)11-5-3-4-6-12(11)16(18)20/h3-4,7-8,11-12H,5-6H2,1-2H3/t11-,12+. The molecule has 0 unspecified atom stereocenters. The van der Waals surface area contributed by atoms with Crippen molar-refractivity contribution in [3.05, 3.63) is 39.9 Å². The van der Waals surface area contributed by atoms with Gasteiger partial charge < -0.3 is 0 Å². The molecule has 1 aliphatic heterocycles. The summed E-state index contributed by atoms with van der Waals surface area (Å²) >= 11 is 3.50. The molecule has 0 N–H and O–H groups in total. The summed E-state index contributed by atoms with van der Waals surface area (Å²) in [7, 11) is 0. The van der Waals surface area contributed by atoms with E-state index >= 15 is 0 Å². The van der Waals surface area contributed by atoms with Crippen molar-refractivity contribution in [3.8, 4) is 0 Å². The van der Waals surface area contributed by atoms with Crippen LogP contribution in [-0.4, -0.2) is 11.8 Å². The number of halogens is 1. The summed E-state index contributed by atoms with van der Waals surface area (Å²) in [5.74, 6) is -0.478. The van der Waals surface area contributed by atoms with Gasteiger partial charge in [0.2, 0.25) is 11.8 Å². The van der Waals surface area contributed by atoms with Gasteiger partial charge in [-0.25, -0.2) is 4.90 Å². The maximum atomic E-state index is 12.6. The smallest absolute Gasteiger partial charge is 0.238 e. The number of carbonyl (C=O) groups excluding carboxylic acids is 2. The van der Waals surface area contributed by atoms with Crippen molar-refractivity contribution < 1.29 is 9.59 Å². The molecule has 104 valence electrons. The molecule has 1 aromatic rings. The molecule has 2 atom stereocenters. The number of fused-ring (bicyclic) bond motifs is 1. The van der Waals surface area contributed by atoms with Crippen molar-refractivity contribution >= 4 is 33.4 Å². The molecule has 2 aliphatic rings. The first-order valence-corrected chi connectivity index (χ1v) is 7.59. The topological polar surface area (TPSA) is 37.4 Å². The van der Waals surface area contributed by atoms with Crippen LogP contribution in [0.15, 0.2) is 28.8 Å². The number of amides is 2. The van der Waals surface area contributed by atoms with Crippen molar-refractivity contribution in [2.75, 3.05) is 4.90 Å². The van der Waals surface area contributed by atoms with E-state index in [9.17, 15) is 9.59 Å². The van der Waals surface area contributed by atoms with Crippen LogP contribution in [0.2, 0.25) is 0 Å². The van der Waals surface area contributed by atoms with Crippen LogP contribution in [0.25, 0.3) is 0 Å². The zero-order chi connectivity index (χ0) is 14.4. The number of nitrogens with zero attached hydrogens (tertiary/aromatic N) is 1. The summed E-state index contributed by atoms with van der Waals surface area (Å²) in [5.41, 5.74) is 2.77. The molecule has 1 heterocycles. The molecule has 0 spiro atoms. The second kappa shape index (κ2) is 4.85. The molecule has 0 aromatic heterocycles. The van der Waals surface area contributed by atoms with Crippen LogP contribution < -0.4 is 4.90 Å². The number of anilines is 1. The Balaban J connectivity index is 2.08. The van der Waals surface area contributed by atoms with Crippen LogP contribution in [-0.2, 0) is 9.59 Å². The van der Waals surface area contributed by atoms with Gasteiger partial charge >= 0.3 is 0 Å². The van der Waals surface area contributed by atoms with Crippen LogP contribution in [0.3, 0.4) is 0 Å². The molecule has 2 amide bonds. The average Bonchev–Trinajstić information content (AvgIpc) is 2.64. The monoisotopic (exact) mass is 333 g/mol. The second-order valence-corrected chi connectivity index (χ2v) is 6.43. The number of hydrogen-bond acceptors (Lipinski definition) is 2. The van der Waals surface area contributed by atoms with Crippen molar-refractivity contribution in [1.82, 2.24) is 0 Å². The van der Waals surface area contributed by atoms with Gasteiger partial charge in [0.15, 0.2) is 0 Å². The first-order chi connectivity index (χ1) is 9.50. The fourth-order valence-corrected chi connectivity index (χ4v) is 4.06. The van der Waals surface area contributed by atoms with Gasteiger partial charge in [-0.3, -0.25) is 9.59 Å². The highest BCUT2D eigenvalue weighted by Gasteiger charge is 2.48. The van der Waals surface area contributed by atoms with Crippen molar-refractivity contribution in [2.45, 2.75) is 26.7 Å². The predicted octanol–water partition coefficient (Wildman–Crippen LogP) is 3.52. The zero-order valence-corrected chi connectivity index (χ0v) is 13.1. The van der Waals surface area contributed by atoms with Crippen LogP contribution >= 0.6 is 15.9 Å². The molecule has 3 rings (SSSR count). The molecule has 1 aromatic carbocycles. The molecule has 1 saturated heterocycles. The number of hydrogen-bond donors (Lipinski definition) is 0. The molecular formula is C16H16BrNO2. The van der Waals surface area contributed by atoms with Gasteiger partial charge in [0.1, 0.15) is 0 Å². The van der Waals surface area contributed by atoms with E-state index in [1.54, 1.807) is 0 Å². The van der Waals surface area contributed by atoms with E-state index in [1.165, 1.54) is 4.90 Å². The Bertz CT molecular complexity index is 586. The normalized spacial score (nSPS) is 25.2. The summed E-state index contributed by atoms with van der Waals surface area (Å²) in [5, 5.41) is 0. The Kier molecular flexibility index (Phi) is 3.28. The molecule has 0 saturated carbocycles. The number of rotatable bonds is 1. The Labute approximate surface area is 126 Å². The minimum Gasteiger partial charge on any atom is -0.274 e. The van der Waals surface area contributed by atoms with Crippen molar-refractivity contribution in [2.24, 2.45) is 11.8 Å². The summed E-state index contributed by atoms with van der Waals surface area (Å²) in [6.45, 7) is 3.94. The fourth-order valence-electron chi connectivity index (χ4n) is 3.21. The lowest BCUT2D eigenvalue weighted by Crippen LogP contribution is -2.31. The summed E-state index contributed by atoms with van der Waals surface area (Å²) in [6.07, 6.45) is 5.36. The van der Waals surface area contributed by atoms with Gasteiger partial charge in [0.25, 0.3) is 0 Å². The molecule has 0 bridgehead atoms. The molecule has 4 heteroatoms. The Hall–Kier alpha value is -1.42. The summed E-state index contributed by atoms with van der Waals surface area (Å²) < 4.78 is 0.809. The average molecular weight is 334 g/mol. The van der Waals surface area contributed by atoms with Gasteiger partial charge in [-0.2, -0.15) is 0 Å². The Morgan fingerprint density at radius 2 is 1.60 bits per heavy atom. The molecule has 0 radical (unpaired) electrons. The zero-order valence-electron chi connectivity index (χ0n) is 11.5. The molecule has 1 aliphatic carbocycles. The predicted molar refractivity (Wildman–Crippen MR) is 81.5 cm³/mol. The summed E-state index contributed by atoms with van der Waals surface area (Å²) in [6, 6.07) is 3.95. The quantitative estimate of drug-likeness (QED) is 0.582. The lowest BCUT2D eigenvalue weighted by Gasteiger charge is -2.19. The van der Waals surface area contributed by atoms with Crippen molar-refractivity contribution in [1.29, 1.82) is 0 Å². The van der Waals surface area contributed by atoms with Crippen LogP contribution in [0.5, 0.6) is 0 Å². The minimum absolute atomic E-state index is 0.0583. The second-order valence-electron chi connectivity index (χ2n) is 5.58. The van der Waals surface area contributed by atoms with Gasteiger partial charge in [-0.15, -0.1) is 0 Å². The van der Waals surface area contributed by atoms with E-state index in [1.807, 2.05) is 38.1 Å². The first-order valence-electron chi connectivity index (χ1n) is 6.80. The molecular weight excluding hydrogens is 318 g/mol. The van der Waals surface area contributed by atoms with E-state index in [4.69, 9.17) is 0 Å². The van der Waals surface area contributed by atoms with Crippen LogP contribution in [0, 0.1) is 25.7 Å². The van der Waals surface area contributed by atoms with Gasteiger partial charge in [0.05, 0.1) is 17.5 Å². The van der Waals surface area contributed by atoms with E-state index < -0.39 is 0 Å². The lowest BCUT2D eigenvalue weighted by atomic mass is 9.85. The SMILES string of the molecule is Cc1cc(C)c(N2C(=O)[C@H]3CC=CC[C@H]3C2=O)c(Br)c1. The number of carbonyl (C=O) groups is 2. The highest BCUT2D eigenvalue weighted by atomic mass is 79.9. The van der Waals surface area contributed by atoms with E-state index in [2.05, 4.69) is 15.9 Å². The highest BCUT2D eigenvalue weighted by molar-refractivity contribution is 9.10. The first kappa shape index (κ1) is 13.6. The molecule has 1 fully saturated rings. The van der Waals surface area contributed by atoms with Gasteiger partial charge in [0, 0.05) is 4.47 Å². The van der Waals surface area contributed by atoms with Gasteiger partial charge in [-0.1, -0.05) is 18.2 Å². The maximum Gasteiger partial charge on any atom is 0.238 e. The maximum absolute atomic E-state index is 12.6.